The van der Waals surface area contributed by atoms with Crippen molar-refractivity contribution in [1.29, 1.82) is 0 Å². The molecule has 0 bridgehead atoms. The van der Waals surface area contributed by atoms with Crippen LogP contribution in [0, 0.1) is 5.92 Å². The van der Waals surface area contributed by atoms with Crippen molar-refractivity contribution in [3.05, 3.63) is 59.7 Å². The number of hydrogen-bond donors (Lipinski definition) is 3. The van der Waals surface area contributed by atoms with Crippen LogP contribution < -0.4 is 15.4 Å². The Bertz CT molecular complexity index is 1050. The minimum atomic E-state index is -1.09. The van der Waals surface area contributed by atoms with Crippen molar-refractivity contribution in [2.24, 2.45) is 10.9 Å². The molecule has 0 saturated carbocycles. The highest BCUT2D eigenvalue weighted by Crippen LogP contribution is 2.39. The number of alkyl halides is 1. The number of aliphatic carboxylic acids is 1. The molecule has 2 aromatic rings. The standard InChI is InChI=1S/C27H32BrN3O4/c28-24-21-6-1-2-7-22(21)30-25(24)26(32)31-23(27(33)34)17-19-8-10-20(11-9-19)35-16-4-3-5-18-12-14-29-15-13-18/h1-2,6-11,18,23-24,29H,3-5,12-17H2,(H,31,32)(H,33,34). The first-order valence-electron chi connectivity index (χ1n) is 12.3. The van der Waals surface area contributed by atoms with Gasteiger partial charge in [-0.05, 0) is 74.0 Å². The number of fused-ring (bicyclic) bond motifs is 1. The summed E-state index contributed by atoms with van der Waals surface area (Å²) in [6, 6.07) is 13.8. The van der Waals surface area contributed by atoms with Crippen LogP contribution in [-0.2, 0) is 16.0 Å². The number of carbonyl (C=O) groups is 2. The highest BCUT2D eigenvalue weighted by atomic mass is 79.9. The Kier molecular flexibility index (Phi) is 8.93. The molecule has 1 fully saturated rings. The number of carbonyl (C=O) groups excluding carboxylic acids is 1. The SMILES string of the molecule is O=C(NC(Cc1ccc(OCCCCC2CCNCC2)cc1)C(=O)O)C1=Nc2ccccc2C1Br. The minimum Gasteiger partial charge on any atom is -0.494 e. The number of halogens is 1. The molecule has 2 unspecified atom stereocenters. The van der Waals surface area contributed by atoms with Gasteiger partial charge in [-0.3, -0.25) is 4.79 Å². The number of nitrogens with one attached hydrogen (secondary N) is 2. The third-order valence-electron chi connectivity index (χ3n) is 6.62. The highest BCUT2D eigenvalue weighted by Gasteiger charge is 2.32. The van der Waals surface area contributed by atoms with Gasteiger partial charge in [-0.25, -0.2) is 9.79 Å². The molecule has 0 aliphatic carbocycles. The number of hydrogen-bond acceptors (Lipinski definition) is 5. The Hall–Kier alpha value is -2.71. The van der Waals surface area contributed by atoms with Crippen LogP contribution in [-0.4, -0.2) is 48.4 Å². The molecule has 2 atom stereocenters. The molecule has 7 nitrogen and oxygen atoms in total. The number of nitrogens with zero attached hydrogens (tertiary/aromatic N) is 1. The second kappa shape index (κ2) is 12.3. The third-order valence-corrected chi connectivity index (χ3v) is 7.55. The number of benzene rings is 2. The molecule has 4 rings (SSSR count). The molecule has 1 amide bonds. The van der Waals surface area contributed by atoms with Crippen LogP contribution in [0.1, 0.15) is 48.1 Å². The van der Waals surface area contributed by atoms with Gasteiger partial charge >= 0.3 is 5.97 Å². The number of carboxylic acid groups (broad SMARTS) is 1. The number of para-hydroxylation sites is 1. The van der Waals surface area contributed by atoms with Gasteiger partial charge in [-0.1, -0.05) is 52.7 Å². The summed E-state index contributed by atoms with van der Waals surface area (Å²) in [7, 11) is 0. The quantitative estimate of drug-likeness (QED) is 0.286. The fourth-order valence-corrected chi connectivity index (χ4v) is 5.29. The maximum Gasteiger partial charge on any atom is 0.326 e. The molecule has 2 aliphatic rings. The van der Waals surface area contributed by atoms with E-state index in [1.165, 1.54) is 25.7 Å². The molecule has 0 spiro atoms. The summed E-state index contributed by atoms with van der Waals surface area (Å²) in [6.07, 6.45) is 6.19. The number of aliphatic imine (C=N–C) groups is 1. The van der Waals surface area contributed by atoms with Crippen molar-refractivity contribution in [2.45, 2.75) is 49.4 Å². The predicted octanol–water partition coefficient (Wildman–Crippen LogP) is 4.57. The Balaban J connectivity index is 1.24. The van der Waals surface area contributed by atoms with Gasteiger partial charge in [0.25, 0.3) is 5.91 Å². The van der Waals surface area contributed by atoms with Gasteiger partial charge in [0.1, 0.15) is 17.5 Å². The Morgan fingerprint density at radius 1 is 1.11 bits per heavy atom. The first kappa shape index (κ1) is 25.4. The lowest BCUT2D eigenvalue weighted by Crippen LogP contribution is -2.45. The molecule has 1 saturated heterocycles. The van der Waals surface area contributed by atoms with E-state index in [1.807, 2.05) is 48.5 Å². The van der Waals surface area contributed by atoms with Crippen molar-refractivity contribution in [2.75, 3.05) is 19.7 Å². The molecule has 2 aliphatic heterocycles. The van der Waals surface area contributed by atoms with Crippen LogP contribution in [0.25, 0.3) is 0 Å². The van der Waals surface area contributed by atoms with Crippen LogP contribution in [0.5, 0.6) is 5.75 Å². The zero-order valence-electron chi connectivity index (χ0n) is 19.7. The summed E-state index contributed by atoms with van der Waals surface area (Å²) >= 11 is 3.50. The minimum absolute atomic E-state index is 0.171. The number of carboxylic acids is 1. The molecule has 0 radical (unpaired) electrons. The van der Waals surface area contributed by atoms with Crippen LogP contribution in [0.15, 0.2) is 53.5 Å². The van der Waals surface area contributed by atoms with Gasteiger partial charge in [0.2, 0.25) is 0 Å². The highest BCUT2D eigenvalue weighted by molar-refractivity contribution is 9.09. The largest absolute Gasteiger partial charge is 0.494 e. The van der Waals surface area contributed by atoms with Gasteiger partial charge in [-0.2, -0.15) is 0 Å². The first-order valence-corrected chi connectivity index (χ1v) is 13.2. The van der Waals surface area contributed by atoms with Crippen LogP contribution in [0.3, 0.4) is 0 Å². The number of ether oxygens (including phenoxy) is 1. The number of rotatable bonds is 11. The first-order chi connectivity index (χ1) is 17.0. The Labute approximate surface area is 214 Å². The van der Waals surface area contributed by atoms with Crippen molar-refractivity contribution in [1.82, 2.24) is 10.6 Å². The maximum atomic E-state index is 12.8. The third kappa shape index (κ3) is 6.92. The zero-order chi connectivity index (χ0) is 24.6. The molecular formula is C27H32BrN3O4. The van der Waals surface area contributed by atoms with Crippen LogP contribution in [0.2, 0.25) is 0 Å². The summed E-state index contributed by atoms with van der Waals surface area (Å²) in [5.74, 6) is 0.0379. The molecule has 186 valence electrons. The maximum absolute atomic E-state index is 12.8. The average Bonchev–Trinajstić information content (AvgIpc) is 3.21. The van der Waals surface area contributed by atoms with Gasteiger partial charge < -0.3 is 20.5 Å². The summed E-state index contributed by atoms with van der Waals surface area (Å²) < 4.78 is 5.86. The zero-order valence-corrected chi connectivity index (χ0v) is 21.3. The lowest BCUT2D eigenvalue weighted by atomic mass is 9.93. The summed E-state index contributed by atoms with van der Waals surface area (Å²) in [4.78, 5) is 28.7. The van der Waals surface area contributed by atoms with E-state index in [4.69, 9.17) is 4.74 Å². The van der Waals surface area contributed by atoms with Crippen molar-refractivity contribution in [3.63, 3.8) is 0 Å². The van der Waals surface area contributed by atoms with E-state index in [0.29, 0.717) is 12.3 Å². The van der Waals surface area contributed by atoms with E-state index >= 15 is 0 Å². The average molecular weight is 542 g/mol. The van der Waals surface area contributed by atoms with Crippen molar-refractivity contribution in [3.8, 4) is 5.75 Å². The molecular weight excluding hydrogens is 510 g/mol. The Morgan fingerprint density at radius 3 is 2.57 bits per heavy atom. The number of piperidine rings is 1. The lowest BCUT2D eigenvalue weighted by Gasteiger charge is -2.22. The van der Waals surface area contributed by atoms with E-state index in [-0.39, 0.29) is 17.0 Å². The molecule has 3 N–H and O–H groups in total. The normalized spacial score (nSPS) is 18.4. The summed E-state index contributed by atoms with van der Waals surface area (Å²) in [5.41, 5.74) is 2.68. The second-order valence-electron chi connectivity index (χ2n) is 9.17. The molecule has 35 heavy (non-hydrogen) atoms. The van der Waals surface area contributed by atoms with E-state index in [9.17, 15) is 14.7 Å². The summed E-state index contributed by atoms with van der Waals surface area (Å²) in [6.45, 7) is 2.95. The molecule has 8 heteroatoms. The van der Waals surface area contributed by atoms with E-state index in [1.54, 1.807) is 0 Å². The smallest absolute Gasteiger partial charge is 0.326 e. The van der Waals surface area contributed by atoms with E-state index < -0.39 is 17.9 Å². The van der Waals surface area contributed by atoms with Gasteiger partial charge in [0.05, 0.1) is 17.1 Å². The topological polar surface area (TPSA) is 100 Å². The van der Waals surface area contributed by atoms with Gasteiger partial charge in [0.15, 0.2) is 0 Å². The molecule has 0 aromatic heterocycles. The second-order valence-corrected chi connectivity index (χ2v) is 10.1. The number of amides is 1. The van der Waals surface area contributed by atoms with Gasteiger partial charge in [-0.15, -0.1) is 0 Å². The van der Waals surface area contributed by atoms with E-state index in [0.717, 1.165) is 42.3 Å². The van der Waals surface area contributed by atoms with Crippen molar-refractivity contribution < 1.29 is 19.4 Å². The monoisotopic (exact) mass is 541 g/mol. The molecule has 2 aromatic carbocycles. The number of unbranched alkanes of at least 4 members (excludes halogenated alkanes) is 1. The van der Waals surface area contributed by atoms with Gasteiger partial charge in [0, 0.05) is 6.42 Å². The fourth-order valence-electron chi connectivity index (χ4n) is 4.59. The van der Waals surface area contributed by atoms with E-state index in [2.05, 4.69) is 31.6 Å². The molecule has 2 heterocycles. The lowest BCUT2D eigenvalue weighted by molar-refractivity contribution is -0.141. The van der Waals surface area contributed by atoms with Crippen LogP contribution in [0.4, 0.5) is 5.69 Å². The fraction of sp³-hybridized carbons (Fsp3) is 0.444. The summed E-state index contributed by atoms with van der Waals surface area (Å²) in [5, 5.41) is 15.7. The van der Waals surface area contributed by atoms with Crippen LogP contribution >= 0.6 is 15.9 Å². The van der Waals surface area contributed by atoms with Crippen molar-refractivity contribution >= 4 is 39.2 Å². The Morgan fingerprint density at radius 2 is 1.86 bits per heavy atom. The predicted molar refractivity (Wildman–Crippen MR) is 140 cm³/mol.